The Bertz CT molecular complexity index is 421. The van der Waals surface area contributed by atoms with Gasteiger partial charge in [-0.3, -0.25) is 4.99 Å². The van der Waals surface area contributed by atoms with Crippen LogP contribution in [0, 0.1) is 5.92 Å². The molecule has 2 N–H and O–H groups in total. The molecule has 7 heteroatoms. The first-order valence-corrected chi connectivity index (χ1v) is 9.27. The number of methoxy groups -OCH3 is 1. The molecule has 1 rings (SSSR count). The van der Waals surface area contributed by atoms with Gasteiger partial charge in [0.2, 0.25) is 0 Å². The molecule has 1 atom stereocenters. The molecule has 0 aromatic heterocycles. The second-order valence-electron chi connectivity index (χ2n) is 7.50. The Morgan fingerprint density at radius 1 is 1.28 bits per heavy atom. The average Bonchev–Trinajstić information content (AvgIpc) is 2.56. The van der Waals surface area contributed by atoms with Crippen LogP contribution >= 0.6 is 0 Å². The lowest BCUT2D eigenvalue weighted by Gasteiger charge is -2.34. The van der Waals surface area contributed by atoms with E-state index >= 15 is 0 Å². The van der Waals surface area contributed by atoms with Crippen molar-refractivity contribution in [2.45, 2.75) is 52.1 Å². The molecule has 7 nitrogen and oxygen atoms in total. The van der Waals surface area contributed by atoms with Crippen LogP contribution in [-0.2, 0) is 9.47 Å². The van der Waals surface area contributed by atoms with Crippen molar-refractivity contribution in [3.63, 3.8) is 0 Å². The van der Waals surface area contributed by atoms with Crippen LogP contribution in [-0.4, -0.2) is 69.5 Å². The Morgan fingerprint density at radius 3 is 2.64 bits per heavy atom. The molecule has 1 heterocycles. The molecule has 0 bridgehead atoms. The third kappa shape index (κ3) is 9.53. The topological polar surface area (TPSA) is 75.2 Å². The lowest BCUT2D eigenvalue weighted by Crippen LogP contribution is -2.44. The number of carbonyl (C=O) groups excluding carboxylic acids is 1. The smallest absolute Gasteiger partial charge is 0.410 e. The zero-order valence-electron chi connectivity index (χ0n) is 16.6. The van der Waals surface area contributed by atoms with Gasteiger partial charge < -0.3 is 25.0 Å². The monoisotopic (exact) mass is 356 g/mol. The van der Waals surface area contributed by atoms with Crippen molar-refractivity contribution in [3.05, 3.63) is 0 Å². The molecule has 0 aliphatic carbocycles. The number of amides is 1. The summed E-state index contributed by atoms with van der Waals surface area (Å²) in [7, 11) is 3.48. The molecular formula is C18H36N4O3. The van der Waals surface area contributed by atoms with E-state index in [-0.39, 0.29) is 6.09 Å². The molecule has 0 saturated carbocycles. The molecule has 1 unspecified atom stereocenters. The van der Waals surface area contributed by atoms with Crippen molar-refractivity contribution in [1.82, 2.24) is 15.5 Å². The number of rotatable bonds is 7. The lowest BCUT2D eigenvalue weighted by molar-refractivity contribution is 0.0162. The number of guanidine groups is 1. The van der Waals surface area contributed by atoms with E-state index in [2.05, 4.69) is 15.6 Å². The first-order valence-electron chi connectivity index (χ1n) is 9.27. The maximum absolute atomic E-state index is 12.2. The van der Waals surface area contributed by atoms with Gasteiger partial charge in [-0.15, -0.1) is 0 Å². The van der Waals surface area contributed by atoms with Crippen molar-refractivity contribution in [2.24, 2.45) is 10.9 Å². The third-order valence-corrected chi connectivity index (χ3v) is 4.06. The Labute approximate surface area is 152 Å². The van der Waals surface area contributed by atoms with Crippen LogP contribution in [0.4, 0.5) is 4.79 Å². The molecule has 0 aromatic rings. The molecule has 1 saturated heterocycles. The largest absolute Gasteiger partial charge is 0.444 e. The van der Waals surface area contributed by atoms with Crippen LogP contribution in [0.5, 0.6) is 0 Å². The molecule has 1 amide bonds. The predicted octanol–water partition coefficient (Wildman–Crippen LogP) is 2.23. The standard InChI is InChI=1S/C18H36N4O3/c1-18(2,3)25-17(23)22-12-6-8-15(14-22)9-11-21-16(19-4)20-10-7-13-24-5/h15H,6-14H2,1-5H3,(H2,19,20,21). The maximum atomic E-state index is 12.2. The van der Waals surface area contributed by atoms with E-state index in [1.165, 1.54) is 0 Å². The number of piperidine rings is 1. The number of aliphatic imine (C=N–C) groups is 1. The maximum Gasteiger partial charge on any atom is 0.410 e. The van der Waals surface area contributed by atoms with Crippen molar-refractivity contribution in [2.75, 3.05) is 46.9 Å². The zero-order valence-corrected chi connectivity index (χ0v) is 16.6. The summed E-state index contributed by atoms with van der Waals surface area (Å²) in [5.41, 5.74) is -0.438. The fraction of sp³-hybridized carbons (Fsp3) is 0.889. The highest BCUT2D eigenvalue weighted by Crippen LogP contribution is 2.21. The summed E-state index contributed by atoms with van der Waals surface area (Å²) in [6, 6.07) is 0. The second-order valence-corrected chi connectivity index (χ2v) is 7.50. The van der Waals surface area contributed by atoms with Gasteiger partial charge in [0.05, 0.1) is 0 Å². The van der Waals surface area contributed by atoms with Gasteiger partial charge in [0, 0.05) is 46.9 Å². The van der Waals surface area contributed by atoms with Gasteiger partial charge in [-0.05, 0) is 52.4 Å². The van der Waals surface area contributed by atoms with Crippen LogP contribution in [0.15, 0.2) is 4.99 Å². The van der Waals surface area contributed by atoms with Crippen molar-refractivity contribution >= 4 is 12.1 Å². The van der Waals surface area contributed by atoms with Gasteiger partial charge in [0.25, 0.3) is 0 Å². The average molecular weight is 357 g/mol. The molecule has 0 aromatic carbocycles. The fourth-order valence-corrected chi connectivity index (χ4v) is 2.83. The highest BCUT2D eigenvalue weighted by Gasteiger charge is 2.27. The molecule has 25 heavy (non-hydrogen) atoms. The molecule has 1 aliphatic heterocycles. The molecule has 1 fully saturated rings. The number of hydrogen-bond donors (Lipinski definition) is 2. The summed E-state index contributed by atoms with van der Waals surface area (Å²) in [5, 5.41) is 6.61. The Hall–Kier alpha value is -1.50. The minimum Gasteiger partial charge on any atom is -0.444 e. The zero-order chi connectivity index (χ0) is 18.7. The van der Waals surface area contributed by atoms with E-state index in [0.29, 0.717) is 5.92 Å². The summed E-state index contributed by atoms with van der Waals surface area (Å²) in [6.45, 7) is 9.70. The fourth-order valence-electron chi connectivity index (χ4n) is 2.83. The van der Waals surface area contributed by atoms with Gasteiger partial charge in [-0.25, -0.2) is 4.79 Å². The third-order valence-electron chi connectivity index (χ3n) is 4.06. The van der Waals surface area contributed by atoms with Crippen LogP contribution in [0.25, 0.3) is 0 Å². The normalized spacial score (nSPS) is 18.8. The number of carbonyl (C=O) groups is 1. The van der Waals surface area contributed by atoms with Crippen molar-refractivity contribution < 1.29 is 14.3 Å². The van der Waals surface area contributed by atoms with Gasteiger partial charge in [0.15, 0.2) is 5.96 Å². The summed E-state index contributed by atoms with van der Waals surface area (Å²) in [5.74, 6) is 1.32. The highest BCUT2D eigenvalue weighted by molar-refractivity contribution is 5.79. The second kappa shape index (κ2) is 11.2. The number of hydrogen-bond acceptors (Lipinski definition) is 4. The van der Waals surface area contributed by atoms with E-state index in [1.807, 2.05) is 25.7 Å². The van der Waals surface area contributed by atoms with E-state index in [4.69, 9.17) is 9.47 Å². The van der Waals surface area contributed by atoms with Crippen molar-refractivity contribution in [1.29, 1.82) is 0 Å². The van der Waals surface area contributed by atoms with E-state index in [1.54, 1.807) is 14.2 Å². The summed E-state index contributed by atoms with van der Waals surface area (Å²) < 4.78 is 10.5. The SMILES string of the molecule is CN=C(NCCCOC)NCCC1CCCN(C(=O)OC(C)(C)C)C1. The van der Waals surface area contributed by atoms with Crippen LogP contribution in [0.3, 0.4) is 0 Å². The molecule has 0 spiro atoms. The van der Waals surface area contributed by atoms with E-state index < -0.39 is 5.60 Å². The summed E-state index contributed by atoms with van der Waals surface area (Å²) in [6.07, 6.45) is 3.96. The first kappa shape index (κ1) is 21.5. The summed E-state index contributed by atoms with van der Waals surface area (Å²) >= 11 is 0. The minimum atomic E-state index is -0.438. The van der Waals surface area contributed by atoms with Gasteiger partial charge in [0.1, 0.15) is 5.60 Å². The Kier molecular flexibility index (Phi) is 9.63. The Balaban J connectivity index is 2.28. The number of nitrogens with one attached hydrogen (secondary N) is 2. The number of likely N-dealkylation sites (tertiary alicyclic amines) is 1. The van der Waals surface area contributed by atoms with E-state index in [0.717, 1.165) is 64.4 Å². The molecule has 1 aliphatic rings. The number of nitrogens with zero attached hydrogens (tertiary/aromatic N) is 2. The first-order chi connectivity index (χ1) is 11.9. The molecule has 0 radical (unpaired) electrons. The van der Waals surface area contributed by atoms with Gasteiger partial charge >= 0.3 is 6.09 Å². The van der Waals surface area contributed by atoms with Crippen LogP contribution < -0.4 is 10.6 Å². The van der Waals surface area contributed by atoms with E-state index in [9.17, 15) is 4.79 Å². The number of ether oxygens (including phenoxy) is 2. The van der Waals surface area contributed by atoms with Gasteiger partial charge in [-0.1, -0.05) is 0 Å². The van der Waals surface area contributed by atoms with Crippen LogP contribution in [0.2, 0.25) is 0 Å². The highest BCUT2D eigenvalue weighted by atomic mass is 16.6. The van der Waals surface area contributed by atoms with Crippen molar-refractivity contribution in [3.8, 4) is 0 Å². The van der Waals surface area contributed by atoms with Crippen LogP contribution in [0.1, 0.15) is 46.5 Å². The lowest BCUT2D eigenvalue weighted by atomic mass is 9.95. The Morgan fingerprint density at radius 2 is 2.00 bits per heavy atom. The molecular weight excluding hydrogens is 320 g/mol. The predicted molar refractivity (Wildman–Crippen MR) is 101 cm³/mol. The molecule has 146 valence electrons. The minimum absolute atomic E-state index is 0.194. The van der Waals surface area contributed by atoms with Gasteiger partial charge in [-0.2, -0.15) is 0 Å². The summed E-state index contributed by atoms with van der Waals surface area (Å²) in [4.78, 5) is 18.3. The quantitative estimate of drug-likeness (QED) is 0.416.